The Hall–Kier alpha value is -2.89. The SMILES string of the molecule is C=C/C(=C\N=C)c1nc(Nc2ccc(Cl)c(Cl)c2)c2cc(OCC)ccc2n1. The lowest BCUT2D eigenvalue weighted by Crippen LogP contribution is -2.02. The van der Waals surface area contributed by atoms with Crippen LogP contribution in [0.2, 0.25) is 10.0 Å². The van der Waals surface area contributed by atoms with Crippen LogP contribution in [0.4, 0.5) is 11.5 Å². The minimum atomic E-state index is 0.447. The van der Waals surface area contributed by atoms with Gasteiger partial charge in [0, 0.05) is 22.8 Å². The maximum atomic E-state index is 6.14. The van der Waals surface area contributed by atoms with Crippen molar-refractivity contribution in [3.63, 3.8) is 0 Å². The predicted octanol–water partition coefficient (Wildman–Crippen LogP) is 6.31. The molecule has 0 aliphatic carbocycles. The average molecular weight is 413 g/mol. The molecule has 0 aliphatic rings. The zero-order chi connectivity index (χ0) is 20.1. The molecule has 0 radical (unpaired) electrons. The molecule has 1 N–H and O–H groups in total. The summed E-state index contributed by atoms with van der Waals surface area (Å²) in [5.74, 6) is 1.80. The highest BCUT2D eigenvalue weighted by Gasteiger charge is 2.12. The fourth-order valence-corrected chi connectivity index (χ4v) is 2.90. The van der Waals surface area contributed by atoms with Gasteiger partial charge >= 0.3 is 0 Å². The highest BCUT2D eigenvalue weighted by Crippen LogP contribution is 2.31. The molecule has 28 heavy (non-hydrogen) atoms. The normalized spacial score (nSPS) is 11.3. The first-order valence-corrected chi connectivity index (χ1v) is 9.26. The molecule has 0 saturated heterocycles. The van der Waals surface area contributed by atoms with E-state index < -0.39 is 0 Å². The number of nitrogens with zero attached hydrogens (tertiary/aromatic N) is 3. The third-order valence-corrected chi connectivity index (χ3v) is 4.61. The molecule has 1 aromatic heterocycles. The number of ether oxygens (including phenoxy) is 1. The summed E-state index contributed by atoms with van der Waals surface area (Å²) in [5, 5.41) is 5.02. The number of allylic oxidation sites excluding steroid dienone is 2. The lowest BCUT2D eigenvalue weighted by atomic mass is 10.2. The highest BCUT2D eigenvalue weighted by atomic mass is 35.5. The van der Waals surface area contributed by atoms with Gasteiger partial charge in [0.05, 0.1) is 22.2 Å². The molecular weight excluding hydrogens is 395 g/mol. The number of fused-ring (bicyclic) bond motifs is 1. The topological polar surface area (TPSA) is 59.4 Å². The van der Waals surface area contributed by atoms with Crippen molar-refractivity contribution in [2.24, 2.45) is 4.99 Å². The van der Waals surface area contributed by atoms with Crippen molar-refractivity contribution < 1.29 is 4.74 Å². The second-order valence-corrected chi connectivity index (χ2v) is 6.55. The third-order valence-electron chi connectivity index (χ3n) is 3.87. The molecule has 142 valence electrons. The number of nitrogens with one attached hydrogen (secondary N) is 1. The number of aliphatic imine (C=N–C) groups is 1. The van der Waals surface area contributed by atoms with Crippen LogP contribution in [-0.4, -0.2) is 23.3 Å². The van der Waals surface area contributed by atoms with E-state index >= 15 is 0 Å². The van der Waals surface area contributed by atoms with Crippen LogP contribution in [-0.2, 0) is 0 Å². The molecule has 7 heteroatoms. The summed E-state index contributed by atoms with van der Waals surface area (Å²) in [7, 11) is 0. The van der Waals surface area contributed by atoms with E-state index in [0.29, 0.717) is 33.9 Å². The molecule has 5 nitrogen and oxygen atoms in total. The molecule has 0 aliphatic heterocycles. The van der Waals surface area contributed by atoms with Crippen LogP contribution >= 0.6 is 23.2 Å². The van der Waals surface area contributed by atoms with Crippen LogP contribution in [0.15, 0.2) is 60.2 Å². The van der Waals surface area contributed by atoms with Gasteiger partial charge in [-0.15, -0.1) is 0 Å². The van der Waals surface area contributed by atoms with Gasteiger partial charge in [-0.1, -0.05) is 35.9 Å². The van der Waals surface area contributed by atoms with Crippen molar-refractivity contribution in [1.82, 2.24) is 9.97 Å². The summed E-state index contributed by atoms with van der Waals surface area (Å²) in [4.78, 5) is 13.1. The zero-order valence-corrected chi connectivity index (χ0v) is 16.8. The average Bonchev–Trinajstić information content (AvgIpc) is 2.69. The number of hydrogen-bond donors (Lipinski definition) is 1. The monoisotopic (exact) mass is 412 g/mol. The quantitative estimate of drug-likeness (QED) is 0.364. The van der Waals surface area contributed by atoms with Gasteiger partial charge in [0.1, 0.15) is 11.6 Å². The minimum Gasteiger partial charge on any atom is -0.494 e. The molecule has 0 atom stereocenters. The van der Waals surface area contributed by atoms with Gasteiger partial charge in [0.25, 0.3) is 0 Å². The van der Waals surface area contributed by atoms with Crippen molar-refractivity contribution in [3.8, 4) is 5.75 Å². The maximum absolute atomic E-state index is 6.14. The van der Waals surface area contributed by atoms with Gasteiger partial charge < -0.3 is 10.1 Å². The van der Waals surface area contributed by atoms with Crippen LogP contribution in [0.5, 0.6) is 5.75 Å². The largest absolute Gasteiger partial charge is 0.494 e. The Labute approximate surface area is 173 Å². The summed E-state index contributed by atoms with van der Waals surface area (Å²) >= 11 is 12.2. The summed E-state index contributed by atoms with van der Waals surface area (Å²) in [5.41, 5.74) is 2.14. The first-order chi connectivity index (χ1) is 13.5. The van der Waals surface area contributed by atoms with Crippen molar-refractivity contribution in [2.75, 3.05) is 11.9 Å². The highest BCUT2D eigenvalue weighted by molar-refractivity contribution is 6.42. The third kappa shape index (κ3) is 4.32. The second kappa shape index (κ2) is 8.87. The van der Waals surface area contributed by atoms with E-state index in [1.54, 1.807) is 24.4 Å². The van der Waals surface area contributed by atoms with Crippen molar-refractivity contribution in [1.29, 1.82) is 0 Å². The number of rotatable bonds is 7. The number of hydrogen-bond acceptors (Lipinski definition) is 5. The van der Waals surface area contributed by atoms with Crippen LogP contribution in [0.3, 0.4) is 0 Å². The Kier molecular flexibility index (Phi) is 6.29. The number of aromatic nitrogens is 2. The molecule has 0 fully saturated rings. The van der Waals surface area contributed by atoms with E-state index in [9.17, 15) is 0 Å². The molecule has 0 unspecified atom stereocenters. The number of benzene rings is 2. The van der Waals surface area contributed by atoms with E-state index in [-0.39, 0.29) is 0 Å². The minimum absolute atomic E-state index is 0.447. The molecule has 0 spiro atoms. The van der Waals surface area contributed by atoms with Crippen LogP contribution < -0.4 is 10.1 Å². The van der Waals surface area contributed by atoms with E-state index in [1.807, 2.05) is 31.2 Å². The fourth-order valence-electron chi connectivity index (χ4n) is 2.60. The van der Waals surface area contributed by atoms with Crippen LogP contribution in [0, 0.1) is 0 Å². The van der Waals surface area contributed by atoms with E-state index in [1.165, 1.54) is 0 Å². The Bertz CT molecular complexity index is 1080. The Morgan fingerprint density at radius 2 is 2.00 bits per heavy atom. The van der Waals surface area contributed by atoms with Gasteiger partial charge in [-0.3, -0.25) is 4.99 Å². The van der Waals surface area contributed by atoms with Gasteiger partial charge in [-0.05, 0) is 50.0 Å². The van der Waals surface area contributed by atoms with Crippen LogP contribution in [0.25, 0.3) is 16.5 Å². The maximum Gasteiger partial charge on any atom is 0.163 e. The lowest BCUT2D eigenvalue weighted by molar-refractivity contribution is 0.340. The molecule has 0 bridgehead atoms. The molecule has 3 aromatic rings. The standard InChI is InChI=1S/C21H18Cl2N4O/c1-4-13(12-24-3)20-26-19-9-7-15(28-5-2)11-16(19)21(27-20)25-14-6-8-17(22)18(23)10-14/h4,6-12H,1,3,5H2,2H3,(H,25,26,27)/b13-12+. The molecule has 2 aromatic carbocycles. The first kappa shape index (κ1) is 19.9. The molecule has 1 heterocycles. The zero-order valence-electron chi connectivity index (χ0n) is 15.2. The molecule has 0 saturated carbocycles. The summed E-state index contributed by atoms with van der Waals surface area (Å²) in [6.07, 6.45) is 3.19. The molecule has 0 amide bonds. The second-order valence-electron chi connectivity index (χ2n) is 5.73. The van der Waals surface area contributed by atoms with E-state index in [4.69, 9.17) is 27.9 Å². The van der Waals surface area contributed by atoms with Gasteiger partial charge in [-0.2, -0.15) is 0 Å². The summed E-state index contributed by atoms with van der Waals surface area (Å²) in [6, 6.07) is 10.9. The van der Waals surface area contributed by atoms with E-state index in [0.717, 1.165) is 22.3 Å². The molecule has 3 rings (SSSR count). The van der Waals surface area contributed by atoms with E-state index in [2.05, 4.69) is 33.6 Å². The van der Waals surface area contributed by atoms with Gasteiger partial charge in [0.15, 0.2) is 5.82 Å². The Morgan fingerprint density at radius 1 is 1.18 bits per heavy atom. The van der Waals surface area contributed by atoms with Crippen molar-refractivity contribution in [2.45, 2.75) is 6.92 Å². The van der Waals surface area contributed by atoms with Crippen molar-refractivity contribution in [3.05, 3.63) is 71.1 Å². The van der Waals surface area contributed by atoms with Crippen LogP contribution in [0.1, 0.15) is 12.7 Å². The predicted molar refractivity (Wildman–Crippen MR) is 118 cm³/mol. The fraction of sp³-hybridized carbons (Fsp3) is 0.0952. The van der Waals surface area contributed by atoms with Gasteiger partial charge in [0.2, 0.25) is 0 Å². The molecular formula is C21H18Cl2N4O. The van der Waals surface area contributed by atoms with Crippen molar-refractivity contribution >= 4 is 57.9 Å². The summed E-state index contributed by atoms with van der Waals surface area (Å²) < 4.78 is 5.62. The summed E-state index contributed by atoms with van der Waals surface area (Å²) in [6.45, 7) is 9.78. The lowest BCUT2D eigenvalue weighted by Gasteiger charge is -2.13. The first-order valence-electron chi connectivity index (χ1n) is 8.51. The number of halogens is 2. The van der Waals surface area contributed by atoms with Gasteiger partial charge in [-0.25, -0.2) is 9.97 Å². The number of anilines is 2. The Balaban J connectivity index is 2.18. The smallest absolute Gasteiger partial charge is 0.163 e. The Morgan fingerprint density at radius 3 is 2.68 bits per heavy atom.